The van der Waals surface area contributed by atoms with E-state index in [2.05, 4.69) is 5.32 Å². The number of carbonyl (C=O) groups excluding carboxylic acids is 1. The van der Waals surface area contributed by atoms with Crippen molar-refractivity contribution in [1.82, 2.24) is 0 Å². The van der Waals surface area contributed by atoms with Crippen LogP contribution in [0, 0.1) is 6.92 Å². The number of ether oxygens (including phenoxy) is 1. The average molecular weight is 305 g/mol. The second kappa shape index (κ2) is 6.90. The van der Waals surface area contributed by atoms with Crippen molar-refractivity contribution in [2.45, 2.75) is 13.3 Å². The van der Waals surface area contributed by atoms with E-state index in [1.807, 2.05) is 31.2 Å². The van der Waals surface area contributed by atoms with Gasteiger partial charge in [0.25, 0.3) is 0 Å². The van der Waals surface area contributed by atoms with E-state index in [-0.39, 0.29) is 23.8 Å². The summed E-state index contributed by atoms with van der Waals surface area (Å²) in [4.78, 5) is 22.7. The van der Waals surface area contributed by atoms with Gasteiger partial charge in [-0.3, -0.25) is 4.79 Å². The monoisotopic (exact) mass is 305 g/mol. The number of aromatic carboxylic acids is 1. The van der Waals surface area contributed by atoms with Crippen LogP contribution < -0.4 is 10.1 Å². The molecule has 0 saturated heterocycles. The summed E-state index contributed by atoms with van der Waals surface area (Å²) in [5.41, 5.74) is 1.02. The Morgan fingerprint density at radius 2 is 2.00 bits per heavy atom. The van der Waals surface area contributed by atoms with Gasteiger partial charge in [0.05, 0.1) is 18.0 Å². The number of rotatable bonds is 6. The molecule has 0 unspecified atom stereocenters. The minimum absolute atomic E-state index is 0.196. The molecule has 0 aliphatic heterocycles. The zero-order valence-electron chi connectivity index (χ0n) is 11.5. The third-order valence-electron chi connectivity index (χ3n) is 2.76. The van der Waals surface area contributed by atoms with Gasteiger partial charge < -0.3 is 15.2 Å². The molecule has 0 atom stereocenters. The number of aryl methyl sites for hydroxylation is 1. The Morgan fingerprint density at radius 1 is 1.24 bits per heavy atom. The summed E-state index contributed by atoms with van der Waals surface area (Å²) >= 11 is 1.03. The summed E-state index contributed by atoms with van der Waals surface area (Å²) in [6.07, 6.45) is 0.203. The summed E-state index contributed by atoms with van der Waals surface area (Å²) < 4.78 is 5.54. The molecular weight excluding hydrogens is 290 g/mol. The molecule has 0 saturated carbocycles. The molecule has 0 radical (unpaired) electrons. The first kappa shape index (κ1) is 15.1. The Kier molecular flexibility index (Phi) is 4.94. The van der Waals surface area contributed by atoms with Gasteiger partial charge in [-0.2, -0.15) is 0 Å². The van der Waals surface area contributed by atoms with Crippen molar-refractivity contribution in [3.63, 3.8) is 0 Å². The lowest BCUT2D eigenvalue weighted by molar-refractivity contribution is -0.116. The molecular formula is C15H15NO4S. The zero-order valence-corrected chi connectivity index (χ0v) is 12.3. The van der Waals surface area contributed by atoms with Crippen molar-refractivity contribution in [3.05, 3.63) is 46.8 Å². The lowest BCUT2D eigenvalue weighted by Gasteiger charge is -2.08. The van der Waals surface area contributed by atoms with Crippen LogP contribution in [-0.4, -0.2) is 23.6 Å². The number of carboxylic acids is 1. The van der Waals surface area contributed by atoms with Crippen LogP contribution >= 0.6 is 11.3 Å². The van der Waals surface area contributed by atoms with Gasteiger partial charge in [0.1, 0.15) is 10.6 Å². The van der Waals surface area contributed by atoms with E-state index in [9.17, 15) is 9.59 Å². The lowest BCUT2D eigenvalue weighted by Crippen LogP contribution is -2.14. The highest BCUT2D eigenvalue weighted by Crippen LogP contribution is 2.22. The molecule has 1 heterocycles. The Labute approximate surface area is 126 Å². The Balaban J connectivity index is 1.79. The number of hydrogen-bond acceptors (Lipinski definition) is 4. The summed E-state index contributed by atoms with van der Waals surface area (Å²) in [6, 6.07) is 10.6. The van der Waals surface area contributed by atoms with Crippen molar-refractivity contribution in [2.24, 2.45) is 0 Å². The number of anilines is 1. The summed E-state index contributed by atoms with van der Waals surface area (Å²) in [6.45, 7) is 2.21. The normalized spacial score (nSPS) is 10.1. The fraction of sp³-hybridized carbons (Fsp3) is 0.200. The first-order valence-corrected chi connectivity index (χ1v) is 7.19. The molecule has 0 fully saturated rings. The number of nitrogens with one attached hydrogen (secondary N) is 1. The first-order valence-electron chi connectivity index (χ1n) is 6.37. The van der Waals surface area contributed by atoms with E-state index in [0.717, 1.165) is 22.6 Å². The number of carbonyl (C=O) groups is 2. The van der Waals surface area contributed by atoms with Crippen LogP contribution in [0.25, 0.3) is 0 Å². The smallest absolute Gasteiger partial charge is 0.345 e. The van der Waals surface area contributed by atoms with Crippen LogP contribution in [0.2, 0.25) is 0 Å². The van der Waals surface area contributed by atoms with Gasteiger partial charge in [0.15, 0.2) is 0 Å². The van der Waals surface area contributed by atoms with Gasteiger partial charge in [0, 0.05) is 0 Å². The van der Waals surface area contributed by atoms with Gasteiger partial charge in [-0.25, -0.2) is 4.79 Å². The topological polar surface area (TPSA) is 75.6 Å². The average Bonchev–Trinajstić information content (AvgIpc) is 2.89. The molecule has 2 rings (SSSR count). The van der Waals surface area contributed by atoms with Gasteiger partial charge in [-0.05, 0) is 30.7 Å². The van der Waals surface area contributed by atoms with Crippen molar-refractivity contribution in [1.29, 1.82) is 0 Å². The molecule has 0 bridgehead atoms. The number of thiophene rings is 1. The molecule has 2 aromatic rings. The van der Waals surface area contributed by atoms with Gasteiger partial charge in [-0.1, -0.05) is 18.2 Å². The maximum Gasteiger partial charge on any atom is 0.345 e. The lowest BCUT2D eigenvalue weighted by atomic mass is 10.2. The van der Waals surface area contributed by atoms with Gasteiger partial charge >= 0.3 is 5.97 Å². The predicted molar refractivity (Wildman–Crippen MR) is 81.2 cm³/mol. The summed E-state index contributed by atoms with van der Waals surface area (Å²) in [5, 5.41) is 12.0. The summed E-state index contributed by atoms with van der Waals surface area (Å²) in [7, 11) is 0. The van der Waals surface area contributed by atoms with Gasteiger partial charge in [-0.15, -0.1) is 11.3 Å². The molecule has 110 valence electrons. The molecule has 1 amide bonds. The van der Waals surface area contributed by atoms with E-state index in [1.165, 1.54) is 6.07 Å². The highest BCUT2D eigenvalue weighted by atomic mass is 32.1. The molecule has 0 aliphatic rings. The molecule has 21 heavy (non-hydrogen) atoms. The molecule has 5 nitrogen and oxygen atoms in total. The van der Waals surface area contributed by atoms with Crippen LogP contribution in [0.1, 0.15) is 21.7 Å². The van der Waals surface area contributed by atoms with Crippen LogP contribution in [0.5, 0.6) is 5.75 Å². The van der Waals surface area contributed by atoms with Crippen molar-refractivity contribution < 1.29 is 19.4 Å². The largest absolute Gasteiger partial charge is 0.493 e. The SMILES string of the molecule is Cc1ccccc1OCCC(=O)Nc1ccc(C(=O)O)s1. The number of carboxylic acid groups (broad SMARTS) is 1. The summed E-state index contributed by atoms with van der Waals surface area (Å²) in [5.74, 6) is -0.444. The van der Waals surface area contributed by atoms with Crippen LogP contribution in [-0.2, 0) is 4.79 Å². The number of benzene rings is 1. The fourth-order valence-electron chi connectivity index (χ4n) is 1.69. The van der Waals surface area contributed by atoms with Crippen LogP contribution in [0.15, 0.2) is 36.4 Å². The second-order valence-electron chi connectivity index (χ2n) is 4.38. The first-order chi connectivity index (χ1) is 10.1. The molecule has 2 N–H and O–H groups in total. The standard InChI is InChI=1S/C15H15NO4S/c1-10-4-2-3-5-11(10)20-9-8-13(17)16-14-7-6-12(21-14)15(18)19/h2-7H,8-9H2,1H3,(H,16,17)(H,18,19). The molecule has 6 heteroatoms. The van der Waals surface area contributed by atoms with Crippen LogP contribution in [0.4, 0.5) is 5.00 Å². The highest BCUT2D eigenvalue weighted by Gasteiger charge is 2.09. The Hall–Kier alpha value is -2.34. The quantitative estimate of drug-likeness (QED) is 0.859. The van der Waals surface area contributed by atoms with E-state index in [1.54, 1.807) is 6.07 Å². The maximum atomic E-state index is 11.7. The maximum absolute atomic E-state index is 11.7. The van der Waals surface area contributed by atoms with Gasteiger partial charge in [0.2, 0.25) is 5.91 Å². The van der Waals surface area contributed by atoms with E-state index in [0.29, 0.717) is 5.00 Å². The Bertz CT molecular complexity index is 651. The minimum atomic E-state index is -0.997. The minimum Gasteiger partial charge on any atom is -0.493 e. The third kappa shape index (κ3) is 4.32. The fourth-order valence-corrected chi connectivity index (χ4v) is 2.45. The van der Waals surface area contributed by atoms with Crippen LogP contribution in [0.3, 0.4) is 0 Å². The van der Waals surface area contributed by atoms with E-state index >= 15 is 0 Å². The van der Waals surface area contributed by atoms with Crippen molar-refractivity contribution >= 4 is 28.2 Å². The van der Waals surface area contributed by atoms with E-state index < -0.39 is 5.97 Å². The third-order valence-corrected chi connectivity index (χ3v) is 3.75. The molecule has 1 aromatic heterocycles. The second-order valence-corrected chi connectivity index (χ2v) is 5.46. The number of hydrogen-bond donors (Lipinski definition) is 2. The molecule has 0 aliphatic carbocycles. The molecule has 1 aromatic carbocycles. The number of amides is 1. The Morgan fingerprint density at radius 3 is 2.67 bits per heavy atom. The highest BCUT2D eigenvalue weighted by molar-refractivity contribution is 7.18. The zero-order chi connectivity index (χ0) is 15.2. The predicted octanol–water partition coefficient (Wildman–Crippen LogP) is 3.16. The number of para-hydroxylation sites is 1. The van der Waals surface area contributed by atoms with E-state index in [4.69, 9.17) is 9.84 Å². The molecule has 0 spiro atoms. The van der Waals surface area contributed by atoms with Crippen molar-refractivity contribution in [2.75, 3.05) is 11.9 Å². The van der Waals surface area contributed by atoms with Crippen molar-refractivity contribution in [3.8, 4) is 5.75 Å².